The summed E-state index contributed by atoms with van der Waals surface area (Å²) < 4.78 is 10.6. The Bertz CT molecular complexity index is 573. The number of hydrogen-bond acceptors (Lipinski definition) is 4. The Labute approximate surface area is 150 Å². The highest BCUT2D eigenvalue weighted by Crippen LogP contribution is 2.38. The van der Waals surface area contributed by atoms with Crippen LogP contribution in [0, 0.1) is 5.41 Å². The van der Waals surface area contributed by atoms with Crippen LogP contribution in [-0.4, -0.2) is 51.2 Å². The Hall–Kier alpha value is -1.46. The fraction of sp³-hybridized carbons (Fsp3) is 0.611. The molecule has 1 amide bonds. The molecule has 6 heteroatoms. The van der Waals surface area contributed by atoms with Crippen molar-refractivity contribution in [2.45, 2.75) is 25.7 Å². The second-order valence-electron chi connectivity index (χ2n) is 6.68. The van der Waals surface area contributed by atoms with E-state index in [-0.39, 0.29) is 18.3 Å². The maximum absolute atomic E-state index is 12.6. The van der Waals surface area contributed by atoms with E-state index < -0.39 is 0 Å². The number of hydrogen-bond donors (Lipinski definition) is 1. The highest BCUT2D eigenvalue weighted by molar-refractivity contribution is 5.85. The highest BCUT2D eigenvalue weighted by atomic mass is 35.5. The molecule has 0 radical (unpaired) electrons. The minimum atomic E-state index is 0. The number of nitrogens with one attached hydrogen (secondary N) is 1. The van der Waals surface area contributed by atoms with Crippen LogP contribution in [0.15, 0.2) is 18.2 Å². The lowest BCUT2D eigenvalue weighted by molar-refractivity contribution is -0.129. The van der Waals surface area contributed by atoms with Gasteiger partial charge >= 0.3 is 0 Å². The molecule has 1 aromatic rings. The van der Waals surface area contributed by atoms with Gasteiger partial charge in [0.25, 0.3) is 0 Å². The Morgan fingerprint density at radius 1 is 1.17 bits per heavy atom. The van der Waals surface area contributed by atoms with Crippen molar-refractivity contribution >= 4 is 18.3 Å². The topological polar surface area (TPSA) is 50.8 Å². The van der Waals surface area contributed by atoms with Crippen LogP contribution in [0.1, 0.15) is 24.8 Å². The van der Waals surface area contributed by atoms with Gasteiger partial charge in [-0.1, -0.05) is 6.07 Å². The zero-order valence-electron chi connectivity index (χ0n) is 14.5. The quantitative estimate of drug-likeness (QED) is 0.901. The van der Waals surface area contributed by atoms with Crippen molar-refractivity contribution in [3.8, 4) is 11.5 Å². The Morgan fingerprint density at radius 3 is 2.54 bits per heavy atom. The second-order valence-corrected chi connectivity index (χ2v) is 6.68. The van der Waals surface area contributed by atoms with E-state index in [0.717, 1.165) is 38.2 Å². The molecule has 3 rings (SSSR count). The summed E-state index contributed by atoms with van der Waals surface area (Å²) >= 11 is 0. The fourth-order valence-corrected chi connectivity index (χ4v) is 3.79. The van der Waals surface area contributed by atoms with Gasteiger partial charge < -0.3 is 19.7 Å². The number of benzene rings is 1. The summed E-state index contributed by atoms with van der Waals surface area (Å²) in [6.07, 6.45) is 3.95. The first kappa shape index (κ1) is 18.9. The van der Waals surface area contributed by atoms with Gasteiger partial charge in [0.05, 0.1) is 20.6 Å². The van der Waals surface area contributed by atoms with E-state index in [2.05, 4.69) is 5.32 Å². The van der Waals surface area contributed by atoms with Crippen molar-refractivity contribution in [1.29, 1.82) is 0 Å². The first-order valence-electron chi connectivity index (χ1n) is 8.35. The lowest BCUT2D eigenvalue weighted by atomic mass is 9.78. The third-order valence-corrected chi connectivity index (χ3v) is 5.26. The van der Waals surface area contributed by atoms with E-state index in [4.69, 9.17) is 9.47 Å². The maximum Gasteiger partial charge on any atom is 0.227 e. The fourth-order valence-electron chi connectivity index (χ4n) is 3.79. The maximum atomic E-state index is 12.6. The van der Waals surface area contributed by atoms with Gasteiger partial charge in [-0.15, -0.1) is 12.4 Å². The zero-order valence-corrected chi connectivity index (χ0v) is 15.3. The monoisotopic (exact) mass is 354 g/mol. The molecule has 0 aliphatic carbocycles. The van der Waals surface area contributed by atoms with E-state index in [1.165, 1.54) is 12.8 Å². The van der Waals surface area contributed by atoms with Crippen LogP contribution in [0.4, 0.5) is 0 Å². The molecular formula is C18H27ClN2O3. The third kappa shape index (κ3) is 3.95. The minimum absolute atomic E-state index is 0. The van der Waals surface area contributed by atoms with Gasteiger partial charge in [0.2, 0.25) is 5.91 Å². The van der Waals surface area contributed by atoms with Gasteiger partial charge in [0.15, 0.2) is 11.5 Å². The molecule has 2 aliphatic heterocycles. The summed E-state index contributed by atoms with van der Waals surface area (Å²) in [6, 6.07) is 5.70. The molecule has 5 nitrogen and oxygen atoms in total. The van der Waals surface area contributed by atoms with Crippen molar-refractivity contribution in [3.05, 3.63) is 23.8 Å². The predicted octanol–water partition coefficient (Wildman–Crippen LogP) is 2.27. The van der Waals surface area contributed by atoms with Crippen LogP contribution in [0.5, 0.6) is 11.5 Å². The molecule has 2 aliphatic rings. The molecule has 24 heavy (non-hydrogen) atoms. The normalized spacial score (nSPS) is 19.0. The summed E-state index contributed by atoms with van der Waals surface area (Å²) in [6.45, 7) is 3.97. The average molecular weight is 355 g/mol. The van der Waals surface area contributed by atoms with Crippen LogP contribution < -0.4 is 14.8 Å². The summed E-state index contributed by atoms with van der Waals surface area (Å²) in [5.41, 5.74) is 1.33. The van der Waals surface area contributed by atoms with E-state index in [1.807, 2.05) is 23.1 Å². The highest BCUT2D eigenvalue weighted by Gasteiger charge is 2.40. The van der Waals surface area contributed by atoms with Gasteiger partial charge in [-0.05, 0) is 55.5 Å². The second kappa shape index (κ2) is 8.08. The molecule has 0 aromatic heterocycles. The molecule has 1 spiro atoms. The van der Waals surface area contributed by atoms with Gasteiger partial charge in [-0.25, -0.2) is 0 Å². The van der Waals surface area contributed by atoms with E-state index >= 15 is 0 Å². The third-order valence-electron chi connectivity index (χ3n) is 5.26. The minimum Gasteiger partial charge on any atom is -0.493 e. The first-order chi connectivity index (χ1) is 11.2. The lowest BCUT2D eigenvalue weighted by Gasteiger charge is -2.33. The lowest BCUT2D eigenvalue weighted by Crippen LogP contribution is -2.40. The molecule has 0 atom stereocenters. The molecule has 1 aromatic carbocycles. The van der Waals surface area contributed by atoms with Gasteiger partial charge in [0.1, 0.15) is 0 Å². The van der Waals surface area contributed by atoms with Crippen molar-refractivity contribution < 1.29 is 14.3 Å². The van der Waals surface area contributed by atoms with Crippen LogP contribution in [-0.2, 0) is 11.2 Å². The van der Waals surface area contributed by atoms with E-state index in [9.17, 15) is 4.79 Å². The largest absolute Gasteiger partial charge is 0.493 e. The number of halogens is 1. The number of methoxy groups -OCH3 is 2. The number of amides is 1. The van der Waals surface area contributed by atoms with E-state index in [0.29, 0.717) is 23.3 Å². The van der Waals surface area contributed by atoms with Crippen molar-refractivity contribution in [2.24, 2.45) is 5.41 Å². The molecule has 0 unspecified atom stereocenters. The number of rotatable bonds is 4. The Morgan fingerprint density at radius 2 is 1.88 bits per heavy atom. The summed E-state index contributed by atoms with van der Waals surface area (Å²) in [5, 5.41) is 3.41. The molecule has 2 saturated heterocycles. The smallest absolute Gasteiger partial charge is 0.227 e. The van der Waals surface area contributed by atoms with Crippen LogP contribution >= 0.6 is 12.4 Å². The molecule has 2 heterocycles. The standard InChI is InChI=1S/C18H26N2O3.ClH/c1-22-15-4-3-14(11-16(15)23-2)12-17(21)20-10-7-18(13-20)5-8-19-9-6-18;/h3-4,11,19H,5-10,12-13H2,1-2H3;1H. The summed E-state index contributed by atoms with van der Waals surface area (Å²) in [7, 11) is 3.23. The van der Waals surface area contributed by atoms with Gasteiger partial charge in [0, 0.05) is 13.1 Å². The number of piperidine rings is 1. The first-order valence-corrected chi connectivity index (χ1v) is 8.35. The van der Waals surface area contributed by atoms with Crippen LogP contribution in [0.3, 0.4) is 0 Å². The Kier molecular flexibility index (Phi) is 6.35. The van der Waals surface area contributed by atoms with Crippen LogP contribution in [0.25, 0.3) is 0 Å². The molecule has 134 valence electrons. The number of carbonyl (C=O) groups is 1. The van der Waals surface area contributed by atoms with Gasteiger partial charge in [-0.3, -0.25) is 4.79 Å². The molecule has 0 bridgehead atoms. The van der Waals surface area contributed by atoms with E-state index in [1.54, 1.807) is 14.2 Å². The SMILES string of the molecule is COc1ccc(CC(=O)N2CCC3(CCNCC3)C2)cc1OC.Cl. The van der Waals surface area contributed by atoms with Crippen molar-refractivity contribution in [1.82, 2.24) is 10.2 Å². The van der Waals surface area contributed by atoms with Crippen molar-refractivity contribution in [2.75, 3.05) is 40.4 Å². The molecule has 2 fully saturated rings. The average Bonchev–Trinajstić information content (AvgIpc) is 2.99. The van der Waals surface area contributed by atoms with Crippen LogP contribution in [0.2, 0.25) is 0 Å². The predicted molar refractivity (Wildman–Crippen MR) is 96.2 cm³/mol. The zero-order chi connectivity index (χ0) is 16.3. The number of carbonyl (C=O) groups excluding carboxylic acids is 1. The number of nitrogens with zero attached hydrogens (tertiary/aromatic N) is 1. The molecular weight excluding hydrogens is 328 g/mol. The summed E-state index contributed by atoms with van der Waals surface area (Å²) in [4.78, 5) is 14.7. The molecule has 0 saturated carbocycles. The Balaban J connectivity index is 0.00000208. The van der Waals surface area contributed by atoms with Crippen molar-refractivity contribution in [3.63, 3.8) is 0 Å². The number of ether oxygens (including phenoxy) is 2. The molecule has 1 N–H and O–H groups in total. The van der Waals surface area contributed by atoms with Gasteiger partial charge in [-0.2, -0.15) is 0 Å². The summed E-state index contributed by atoms with van der Waals surface area (Å²) in [5.74, 6) is 1.58. The number of likely N-dealkylation sites (tertiary alicyclic amines) is 1.